The number of hydrogen-bond acceptors (Lipinski definition) is 4. The highest BCUT2D eigenvalue weighted by molar-refractivity contribution is 5.42. The lowest BCUT2D eigenvalue weighted by molar-refractivity contribution is 0.279. The predicted molar refractivity (Wildman–Crippen MR) is 68.4 cm³/mol. The summed E-state index contributed by atoms with van der Waals surface area (Å²) in [5, 5.41) is 4.25. The third-order valence-electron chi connectivity index (χ3n) is 2.61. The molecule has 0 unspecified atom stereocenters. The number of benzene rings is 1. The Morgan fingerprint density at radius 1 is 1.28 bits per heavy atom. The van der Waals surface area contributed by atoms with Gasteiger partial charge in [0.2, 0.25) is 0 Å². The summed E-state index contributed by atoms with van der Waals surface area (Å²) in [7, 11) is 3.49. The monoisotopic (exact) mass is 247 g/mol. The van der Waals surface area contributed by atoms with Crippen molar-refractivity contribution in [2.24, 2.45) is 12.8 Å². The van der Waals surface area contributed by atoms with Gasteiger partial charge in [0, 0.05) is 19.8 Å². The summed E-state index contributed by atoms with van der Waals surface area (Å²) < 4.78 is 12.7. The van der Waals surface area contributed by atoms with E-state index in [1.807, 2.05) is 37.5 Å². The smallest absolute Gasteiger partial charge is 0.161 e. The van der Waals surface area contributed by atoms with Crippen molar-refractivity contribution in [1.82, 2.24) is 9.78 Å². The molecule has 0 saturated carbocycles. The first-order chi connectivity index (χ1) is 8.72. The number of methoxy groups -OCH3 is 1. The van der Waals surface area contributed by atoms with E-state index in [0.29, 0.717) is 24.7 Å². The summed E-state index contributed by atoms with van der Waals surface area (Å²) >= 11 is 0. The van der Waals surface area contributed by atoms with Crippen LogP contribution < -0.4 is 15.2 Å². The maximum atomic E-state index is 5.69. The van der Waals surface area contributed by atoms with Crippen LogP contribution in [0.1, 0.15) is 11.3 Å². The van der Waals surface area contributed by atoms with E-state index in [2.05, 4.69) is 5.10 Å². The fraction of sp³-hybridized carbons (Fsp3) is 0.308. The summed E-state index contributed by atoms with van der Waals surface area (Å²) in [5.41, 5.74) is 7.47. The third kappa shape index (κ3) is 2.81. The molecule has 0 bridgehead atoms. The molecule has 0 fully saturated rings. The summed E-state index contributed by atoms with van der Waals surface area (Å²) in [6, 6.07) is 7.59. The van der Waals surface area contributed by atoms with Gasteiger partial charge in [-0.1, -0.05) is 6.07 Å². The Bertz CT molecular complexity index is 523. The van der Waals surface area contributed by atoms with E-state index in [-0.39, 0.29) is 0 Å². The molecule has 0 atom stereocenters. The lowest BCUT2D eigenvalue weighted by Gasteiger charge is -2.10. The van der Waals surface area contributed by atoms with Crippen molar-refractivity contribution >= 4 is 0 Å². The van der Waals surface area contributed by atoms with Crippen LogP contribution in [-0.4, -0.2) is 16.9 Å². The summed E-state index contributed by atoms with van der Waals surface area (Å²) in [5.74, 6) is 1.38. The molecule has 0 amide bonds. The molecule has 1 aromatic carbocycles. The molecule has 18 heavy (non-hydrogen) atoms. The molecule has 0 aliphatic rings. The first-order valence-electron chi connectivity index (χ1n) is 5.71. The van der Waals surface area contributed by atoms with E-state index in [0.717, 1.165) is 11.3 Å². The largest absolute Gasteiger partial charge is 0.493 e. The van der Waals surface area contributed by atoms with Gasteiger partial charge in [-0.25, -0.2) is 0 Å². The SMILES string of the molecule is COc1cc(CN)ccc1OCc1ccn(C)n1. The molecule has 2 aromatic rings. The van der Waals surface area contributed by atoms with Crippen molar-refractivity contribution in [3.63, 3.8) is 0 Å². The van der Waals surface area contributed by atoms with Crippen LogP contribution in [0, 0.1) is 0 Å². The maximum Gasteiger partial charge on any atom is 0.161 e. The van der Waals surface area contributed by atoms with E-state index in [4.69, 9.17) is 15.2 Å². The van der Waals surface area contributed by atoms with Crippen molar-refractivity contribution in [3.8, 4) is 11.5 Å². The van der Waals surface area contributed by atoms with E-state index in [1.165, 1.54) is 0 Å². The second kappa shape index (κ2) is 5.55. The van der Waals surface area contributed by atoms with Crippen LogP contribution in [0.5, 0.6) is 11.5 Å². The van der Waals surface area contributed by atoms with Crippen LogP contribution >= 0.6 is 0 Å². The first kappa shape index (κ1) is 12.4. The second-order valence-corrected chi connectivity index (χ2v) is 3.96. The first-order valence-corrected chi connectivity index (χ1v) is 5.71. The highest BCUT2D eigenvalue weighted by atomic mass is 16.5. The van der Waals surface area contributed by atoms with Gasteiger partial charge in [0.1, 0.15) is 6.61 Å². The molecule has 0 saturated heterocycles. The Hall–Kier alpha value is -2.01. The van der Waals surface area contributed by atoms with E-state index >= 15 is 0 Å². The highest BCUT2D eigenvalue weighted by Crippen LogP contribution is 2.28. The predicted octanol–water partition coefficient (Wildman–Crippen LogP) is 1.47. The van der Waals surface area contributed by atoms with Crippen molar-refractivity contribution in [3.05, 3.63) is 41.7 Å². The zero-order chi connectivity index (χ0) is 13.0. The highest BCUT2D eigenvalue weighted by Gasteiger charge is 2.06. The van der Waals surface area contributed by atoms with Crippen LogP contribution in [-0.2, 0) is 20.2 Å². The van der Waals surface area contributed by atoms with Crippen molar-refractivity contribution < 1.29 is 9.47 Å². The lowest BCUT2D eigenvalue weighted by Crippen LogP contribution is -2.01. The van der Waals surface area contributed by atoms with Crippen molar-refractivity contribution in [2.75, 3.05) is 7.11 Å². The van der Waals surface area contributed by atoms with Gasteiger partial charge in [0.15, 0.2) is 11.5 Å². The van der Waals surface area contributed by atoms with Crippen LogP contribution in [0.4, 0.5) is 0 Å². The molecule has 0 aliphatic carbocycles. The van der Waals surface area contributed by atoms with Gasteiger partial charge in [-0.15, -0.1) is 0 Å². The van der Waals surface area contributed by atoms with Gasteiger partial charge < -0.3 is 15.2 Å². The average molecular weight is 247 g/mol. The summed E-state index contributed by atoms with van der Waals surface area (Å²) in [6.07, 6.45) is 1.88. The molecule has 0 aliphatic heterocycles. The summed E-state index contributed by atoms with van der Waals surface area (Å²) in [4.78, 5) is 0. The Labute approximate surface area is 106 Å². The molecule has 2 N–H and O–H groups in total. The van der Waals surface area contributed by atoms with Gasteiger partial charge in [0.05, 0.1) is 12.8 Å². The zero-order valence-corrected chi connectivity index (χ0v) is 10.6. The standard InChI is InChI=1S/C13H17N3O2/c1-16-6-5-11(15-16)9-18-12-4-3-10(8-14)7-13(12)17-2/h3-7H,8-9,14H2,1-2H3. The zero-order valence-electron chi connectivity index (χ0n) is 10.6. The average Bonchev–Trinajstić information content (AvgIpc) is 2.82. The normalized spacial score (nSPS) is 10.4. The van der Waals surface area contributed by atoms with Crippen LogP contribution in [0.15, 0.2) is 30.5 Å². The molecular weight excluding hydrogens is 230 g/mol. The van der Waals surface area contributed by atoms with Gasteiger partial charge in [-0.05, 0) is 23.8 Å². The Morgan fingerprint density at radius 2 is 2.11 bits per heavy atom. The number of aromatic nitrogens is 2. The van der Waals surface area contributed by atoms with Crippen LogP contribution in [0.25, 0.3) is 0 Å². The lowest BCUT2D eigenvalue weighted by atomic mass is 10.2. The van der Waals surface area contributed by atoms with Crippen molar-refractivity contribution in [2.45, 2.75) is 13.2 Å². The minimum atomic E-state index is 0.416. The molecule has 2 rings (SSSR count). The van der Waals surface area contributed by atoms with E-state index in [9.17, 15) is 0 Å². The van der Waals surface area contributed by atoms with E-state index in [1.54, 1.807) is 11.8 Å². The molecular formula is C13H17N3O2. The third-order valence-corrected chi connectivity index (χ3v) is 2.61. The van der Waals surface area contributed by atoms with Crippen LogP contribution in [0.3, 0.4) is 0 Å². The molecule has 5 nitrogen and oxygen atoms in total. The Morgan fingerprint density at radius 3 is 2.72 bits per heavy atom. The molecule has 1 heterocycles. The molecule has 0 radical (unpaired) electrons. The minimum absolute atomic E-state index is 0.416. The molecule has 5 heteroatoms. The van der Waals surface area contributed by atoms with Gasteiger partial charge in [-0.3, -0.25) is 4.68 Å². The molecule has 0 spiro atoms. The minimum Gasteiger partial charge on any atom is -0.493 e. The Balaban J connectivity index is 2.08. The number of aryl methyl sites for hydroxylation is 1. The fourth-order valence-electron chi connectivity index (χ4n) is 1.65. The number of rotatable bonds is 5. The van der Waals surface area contributed by atoms with Gasteiger partial charge in [0.25, 0.3) is 0 Å². The Kier molecular flexibility index (Phi) is 3.84. The maximum absolute atomic E-state index is 5.69. The molecule has 96 valence electrons. The fourth-order valence-corrected chi connectivity index (χ4v) is 1.65. The number of hydrogen-bond donors (Lipinski definition) is 1. The van der Waals surface area contributed by atoms with Crippen molar-refractivity contribution in [1.29, 1.82) is 0 Å². The van der Waals surface area contributed by atoms with Crippen LogP contribution in [0.2, 0.25) is 0 Å². The summed E-state index contributed by atoms with van der Waals surface area (Å²) in [6.45, 7) is 0.899. The number of nitrogens with zero attached hydrogens (tertiary/aromatic N) is 2. The number of ether oxygens (including phenoxy) is 2. The quantitative estimate of drug-likeness (QED) is 0.869. The van der Waals surface area contributed by atoms with Gasteiger partial charge >= 0.3 is 0 Å². The molecule has 1 aromatic heterocycles. The topological polar surface area (TPSA) is 62.3 Å². The number of nitrogens with two attached hydrogens (primary N) is 1. The van der Waals surface area contributed by atoms with Gasteiger partial charge in [-0.2, -0.15) is 5.10 Å². The van der Waals surface area contributed by atoms with E-state index < -0.39 is 0 Å². The second-order valence-electron chi connectivity index (χ2n) is 3.96.